The number of rotatable bonds is 0. The molecule has 1 N–H and O–H groups in total. The molecule has 19 heavy (non-hydrogen) atoms. The fourth-order valence-electron chi connectivity index (χ4n) is 4.09. The predicted octanol–water partition coefficient (Wildman–Crippen LogP) is 3.60. The Morgan fingerprint density at radius 2 is 1.89 bits per heavy atom. The van der Waals surface area contributed by atoms with E-state index in [1.54, 1.807) is 0 Å². The average molecular weight is 323 g/mol. The molecule has 1 saturated carbocycles. The lowest BCUT2D eigenvalue weighted by atomic mass is 9.63. The van der Waals surface area contributed by atoms with Gasteiger partial charge in [-0.1, -0.05) is 35.8 Å². The first-order valence-electron chi connectivity index (χ1n) is 6.94. The number of ketones is 1. The van der Waals surface area contributed by atoms with Crippen molar-refractivity contribution in [3.05, 3.63) is 33.8 Å². The van der Waals surface area contributed by atoms with Crippen molar-refractivity contribution in [1.82, 2.24) is 0 Å². The standard InChI is InChI=1S/C16H19BrO2/c1-9-6-16(7-10(2)14(9)18)8-11-3-4-12(17)5-13(11)15(16)19/h3-5,9-10,14,18H,6-8H2,1-2H3/t9-,10+,14?,16?. The SMILES string of the molecule is C[C@@H]1CC2(Cc3ccc(Br)cc3C2=O)C[C@H](C)C1O. The van der Waals surface area contributed by atoms with E-state index in [4.69, 9.17) is 0 Å². The lowest BCUT2D eigenvalue weighted by Crippen LogP contribution is -2.44. The van der Waals surface area contributed by atoms with Crippen LogP contribution >= 0.6 is 15.9 Å². The van der Waals surface area contributed by atoms with Gasteiger partial charge in [-0.3, -0.25) is 4.79 Å². The van der Waals surface area contributed by atoms with Gasteiger partial charge in [0.05, 0.1) is 6.10 Å². The molecule has 2 aliphatic rings. The van der Waals surface area contributed by atoms with Crippen LogP contribution in [0.2, 0.25) is 0 Å². The highest BCUT2D eigenvalue weighted by Crippen LogP contribution is 2.50. The third kappa shape index (κ3) is 1.98. The summed E-state index contributed by atoms with van der Waals surface area (Å²) in [5.74, 6) is 0.685. The van der Waals surface area contributed by atoms with Crippen molar-refractivity contribution in [3.63, 3.8) is 0 Å². The minimum absolute atomic E-state index is 0.199. The summed E-state index contributed by atoms with van der Waals surface area (Å²) in [5, 5.41) is 10.1. The summed E-state index contributed by atoms with van der Waals surface area (Å²) in [5.41, 5.74) is 1.79. The van der Waals surface area contributed by atoms with Crippen molar-refractivity contribution in [2.24, 2.45) is 17.3 Å². The number of benzene rings is 1. The number of hydrogen-bond acceptors (Lipinski definition) is 2. The van der Waals surface area contributed by atoms with Crippen LogP contribution in [0.25, 0.3) is 0 Å². The number of Topliss-reactive ketones (excluding diaryl/α,β-unsaturated/α-hetero) is 1. The average Bonchev–Trinajstić information content (AvgIpc) is 2.60. The van der Waals surface area contributed by atoms with Crippen LogP contribution in [0.3, 0.4) is 0 Å². The van der Waals surface area contributed by atoms with Gasteiger partial charge in [0.1, 0.15) is 0 Å². The van der Waals surface area contributed by atoms with E-state index in [9.17, 15) is 9.90 Å². The van der Waals surface area contributed by atoms with Gasteiger partial charge in [0.2, 0.25) is 0 Å². The zero-order valence-corrected chi connectivity index (χ0v) is 12.9. The molecule has 102 valence electrons. The second kappa shape index (κ2) is 4.42. The molecule has 1 fully saturated rings. The molecule has 2 aliphatic carbocycles. The zero-order chi connectivity index (χ0) is 13.8. The van der Waals surface area contributed by atoms with E-state index < -0.39 is 0 Å². The molecule has 0 bridgehead atoms. The van der Waals surface area contributed by atoms with Gasteiger partial charge in [-0.05, 0) is 48.8 Å². The van der Waals surface area contributed by atoms with Gasteiger partial charge in [0.25, 0.3) is 0 Å². The number of halogens is 1. The molecule has 0 aliphatic heterocycles. The third-order valence-corrected chi connectivity index (χ3v) is 5.41. The Morgan fingerprint density at radius 3 is 2.53 bits per heavy atom. The molecule has 0 aromatic heterocycles. The number of carbonyl (C=O) groups is 1. The highest BCUT2D eigenvalue weighted by atomic mass is 79.9. The molecular formula is C16H19BrO2. The van der Waals surface area contributed by atoms with Crippen molar-refractivity contribution >= 4 is 21.7 Å². The molecule has 0 radical (unpaired) electrons. The van der Waals surface area contributed by atoms with Crippen LogP contribution in [-0.2, 0) is 6.42 Å². The number of hydrogen-bond donors (Lipinski definition) is 1. The summed E-state index contributed by atoms with van der Waals surface area (Å²) in [6.07, 6.45) is 2.19. The Bertz CT molecular complexity index is 526. The van der Waals surface area contributed by atoms with Crippen molar-refractivity contribution < 1.29 is 9.90 Å². The summed E-state index contributed by atoms with van der Waals surface area (Å²) in [7, 11) is 0. The number of aliphatic hydroxyl groups is 1. The van der Waals surface area contributed by atoms with Crippen molar-refractivity contribution in [3.8, 4) is 0 Å². The maximum absolute atomic E-state index is 12.8. The predicted molar refractivity (Wildman–Crippen MR) is 78.2 cm³/mol. The second-order valence-electron chi connectivity index (χ2n) is 6.44. The van der Waals surface area contributed by atoms with Crippen LogP contribution < -0.4 is 0 Å². The molecule has 1 spiro atoms. The molecule has 2 unspecified atom stereocenters. The van der Waals surface area contributed by atoms with E-state index in [0.717, 1.165) is 29.3 Å². The lowest BCUT2D eigenvalue weighted by Gasteiger charge is -2.42. The minimum atomic E-state index is -0.270. The first kappa shape index (κ1) is 13.3. The van der Waals surface area contributed by atoms with E-state index >= 15 is 0 Å². The van der Waals surface area contributed by atoms with Crippen LogP contribution in [0, 0.1) is 17.3 Å². The molecule has 0 heterocycles. The Morgan fingerprint density at radius 1 is 1.26 bits per heavy atom. The maximum atomic E-state index is 12.8. The summed E-state index contributed by atoms with van der Waals surface area (Å²) < 4.78 is 0.966. The second-order valence-corrected chi connectivity index (χ2v) is 7.36. The molecule has 1 aromatic carbocycles. The highest BCUT2D eigenvalue weighted by molar-refractivity contribution is 9.10. The van der Waals surface area contributed by atoms with Crippen LogP contribution in [0.1, 0.15) is 42.6 Å². The van der Waals surface area contributed by atoms with E-state index in [0.29, 0.717) is 0 Å². The monoisotopic (exact) mass is 322 g/mol. The van der Waals surface area contributed by atoms with Crippen molar-refractivity contribution in [2.45, 2.75) is 39.2 Å². The molecule has 1 aromatic rings. The molecule has 3 rings (SSSR count). The van der Waals surface area contributed by atoms with E-state index in [1.807, 2.05) is 12.1 Å². The topological polar surface area (TPSA) is 37.3 Å². The molecule has 3 heteroatoms. The van der Waals surface area contributed by atoms with Gasteiger partial charge >= 0.3 is 0 Å². The summed E-state index contributed by atoms with van der Waals surface area (Å²) in [4.78, 5) is 12.8. The quantitative estimate of drug-likeness (QED) is 0.792. The van der Waals surface area contributed by atoms with Crippen molar-refractivity contribution in [2.75, 3.05) is 0 Å². The van der Waals surface area contributed by atoms with Crippen LogP contribution in [0.4, 0.5) is 0 Å². The fraction of sp³-hybridized carbons (Fsp3) is 0.562. The van der Waals surface area contributed by atoms with Gasteiger partial charge in [0.15, 0.2) is 5.78 Å². The molecule has 4 atom stereocenters. The summed E-state index contributed by atoms with van der Waals surface area (Å²) in [6, 6.07) is 6.02. The Labute approximate surface area is 122 Å². The van der Waals surface area contributed by atoms with Gasteiger partial charge in [-0.25, -0.2) is 0 Å². The Hall–Kier alpha value is -0.670. The minimum Gasteiger partial charge on any atom is -0.393 e. The normalized spacial score (nSPS) is 37.7. The number of fused-ring (bicyclic) bond motifs is 1. The summed E-state index contributed by atoms with van der Waals surface area (Å²) >= 11 is 3.45. The lowest BCUT2D eigenvalue weighted by molar-refractivity contribution is -0.0161. The third-order valence-electron chi connectivity index (χ3n) is 4.92. The Balaban J connectivity index is 1.99. The first-order valence-corrected chi connectivity index (χ1v) is 7.73. The largest absolute Gasteiger partial charge is 0.393 e. The zero-order valence-electron chi connectivity index (χ0n) is 11.3. The molecule has 2 nitrogen and oxygen atoms in total. The smallest absolute Gasteiger partial charge is 0.169 e. The van der Waals surface area contributed by atoms with Crippen molar-refractivity contribution in [1.29, 1.82) is 0 Å². The van der Waals surface area contributed by atoms with Crippen LogP contribution in [0.15, 0.2) is 22.7 Å². The van der Waals surface area contributed by atoms with Gasteiger partial charge < -0.3 is 5.11 Å². The van der Waals surface area contributed by atoms with Gasteiger partial charge in [0, 0.05) is 15.5 Å². The number of carbonyl (C=O) groups excluding carboxylic acids is 1. The maximum Gasteiger partial charge on any atom is 0.169 e. The van der Waals surface area contributed by atoms with Crippen LogP contribution in [-0.4, -0.2) is 17.0 Å². The van der Waals surface area contributed by atoms with Gasteiger partial charge in [-0.15, -0.1) is 0 Å². The van der Waals surface area contributed by atoms with E-state index in [-0.39, 0.29) is 29.1 Å². The van der Waals surface area contributed by atoms with Gasteiger partial charge in [-0.2, -0.15) is 0 Å². The molecular weight excluding hydrogens is 304 g/mol. The fourth-order valence-corrected chi connectivity index (χ4v) is 4.45. The first-order chi connectivity index (χ1) is 8.93. The highest BCUT2D eigenvalue weighted by Gasteiger charge is 2.51. The van der Waals surface area contributed by atoms with E-state index in [2.05, 4.69) is 35.8 Å². The molecule has 0 amide bonds. The number of aliphatic hydroxyl groups excluding tert-OH is 1. The van der Waals surface area contributed by atoms with Crippen LogP contribution in [0.5, 0.6) is 0 Å². The Kier molecular flexibility index (Phi) is 3.10. The summed E-state index contributed by atoms with van der Waals surface area (Å²) in [6.45, 7) is 4.13. The van der Waals surface area contributed by atoms with E-state index in [1.165, 1.54) is 5.56 Å². The molecule has 0 saturated heterocycles.